The first-order valence-corrected chi connectivity index (χ1v) is 9.30. The summed E-state index contributed by atoms with van der Waals surface area (Å²) in [7, 11) is 3.12. The van der Waals surface area contributed by atoms with E-state index in [-0.39, 0.29) is 30.7 Å². The number of amides is 1. The second-order valence-corrected chi connectivity index (χ2v) is 7.00. The van der Waals surface area contributed by atoms with Crippen LogP contribution in [-0.4, -0.2) is 41.9 Å². The number of benzene rings is 1. The van der Waals surface area contributed by atoms with Gasteiger partial charge in [-0.3, -0.25) is 9.59 Å². The van der Waals surface area contributed by atoms with Crippen LogP contribution in [0.25, 0.3) is 0 Å². The van der Waals surface area contributed by atoms with Gasteiger partial charge in [0.05, 0.1) is 26.2 Å². The van der Waals surface area contributed by atoms with E-state index in [1.54, 1.807) is 45.6 Å². The number of methoxy groups -OCH3 is 2. The topological polar surface area (TPSA) is 102 Å². The number of ether oxygens (including phenoxy) is 2. The van der Waals surface area contributed by atoms with E-state index in [0.717, 1.165) is 5.56 Å². The van der Waals surface area contributed by atoms with Gasteiger partial charge in [-0.1, -0.05) is 6.92 Å². The van der Waals surface area contributed by atoms with Crippen LogP contribution in [0.4, 0.5) is 0 Å². The highest BCUT2D eigenvalue weighted by atomic mass is 16.5. The van der Waals surface area contributed by atoms with E-state index in [0.29, 0.717) is 29.4 Å². The Balaban J connectivity index is 1.88. The largest absolute Gasteiger partial charge is 0.493 e. The molecule has 1 aromatic carbocycles. The van der Waals surface area contributed by atoms with Crippen molar-refractivity contribution in [1.29, 1.82) is 0 Å². The van der Waals surface area contributed by atoms with Crippen LogP contribution in [0.15, 0.2) is 46.1 Å². The zero-order valence-electron chi connectivity index (χ0n) is 16.6. The standard InChI is InChI=1S/C21H24N2O6/c1-13(10-21(25)26)9-20(24)23-16(17-5-4-8-29-17)12-15(22-23)14-6-7-18(27-2)19(11-14)28-3/h4-8,11,13,16H,9-10,12H2,1-3H3,(H,25,26). The lowest BCUT2D eigenvalue weighted by atomic mass is 10.0. The average Bonchev–Trinajstić information content (AvgIpc) is 3.36. The fourth-order valence-electron chi connectivity index (χ4n) is 3.39. The molecule has 1 N–H and O–H groups in total. The predicted molar refractivity (Wildman–Crippen MR) is 105 cm³/mol. The quantitative estimate of drug-likeness (QED) is 0.728. The first-order valence-electron chi connectivity index (χ1n) is 9.30. The van der Waals surface area contributed by atoms with Crippen LogP contribution in [0.1, 0.15) is 43.6 Å². The number of furan rings is 1. The van der Waals surface area contributed by atoms with Crippen LogP contribution in [0.2, 0.25) is 0 Å². The highest BCUT2D eigenvalue weighted by Gasteiger charge is 2.35. The van der Waals surface area contributed by atoms with Gasteiger partial charge in [-0.2, -0.15) is 5.10 Å². The fraction of sp³-hybridized carbons (Fsp3) is 0.381. The molecule has 0 saturated carbocycles. The fourth-order valence-corrected chi connectivity index (χ4v) is 3.39. The van der Waals surface area contributed by atoms with Gasteiger partial charge in [-0.25, -0.2) is 5.01 Å². The van der Waals surface area contributed by atoms with Crippen molar-refractivity contribution in [3.63, 3.8) is 0 Å². The molecule has 29 heavy (non-hydrogen) atoms. The molecule has 2 atom stereocenters. The lowest BCUT2D eigenvalue weighted by Crippen LogP contribution is -2.28. The molecule has 1 amide bonds. The Morgan fingerprint density at radius 2 is 2.00 bits per heavy atom. The Morgan fingerprint density at radius 1 is 1.24 bits per heavy atom. The molecular weight excluding hydrogens is 376 g/mol. The molecule has 2 aromatic rings. The summed E-state index contributed by atoms with van der Waals surface area (Å²) in [4.78, 5) is 23.8. The van der Waals surface area contributed by atoms with Crippen molar-refractivity contribution >= 4 is 17.6 Å². The molecule has 2 unspecified atom stereocenters. The minimum atomic E-state index is -0.927. The predicted octanol–water partition coefficient (Wildman–Crippen LogP) is 3.48. The molecule has 0 radical (unpaired) electrons. The Labute approximate surface area is 168 Å². The number of carboxylic acids is 1. The third-order valence-electron chi connectivity index (χ3n) is 4.80. The number of hydrazone groups is 1. The molecule has 154 valence electrons. The van der Waals surface area contributed by atoms with Crippen LogP contribution in [0.3, 0.4) is 0 Å². The number of nitrogens with zero attached hydrogens (tertiary/aromatic N) is 2. The van der Waals surface area contributed by atoms with Crippen molar-refractivity contribution in [2.45, 2.75) is 32.2 Å². The van der Waals surface area contributed by atoms with Gasteiger partial charge in [-0.15, -0.1) is 0 Å². The smallest absolute Gasteiger partial charge is 0.303 e. The first kappa shape index (κ1) is 20.4. The molecule has 0 spiro atoms. The van der Waals surface area contributed by atoms with E-state index in [1.807, 2.05) is 12.1 Å². The zero-order valence-corrected chi connectivity index (χ0v) is 16.6. The van der Waals surface area contributed by atoms with E-state index < -0.39 is 5.97 Å². The summed E-state index contributed by atoms with van der Waals surface area (Å²) in [5.74, 6) is 0.343. The third-order valence-corrected chi connectivity index (χ3v) is 4.80. The first-order chi connectivity index (χ1) is 13.9. The molecule has 1 aliphatic heterocycles. The van der Waals surface area contributed by atoms with Crippen molar-refractivity contribution in [3.05, 3.63) is 47.9 Å². The van der Waals surface area contributed by atoms with Gasteiger partial charge in [0, 0.05) is 24.8 Å². The van der Waals surface area contributed by atoms with Gasteiger partial charge in [-0.05, 0) is 36.2 Å². The summed E-state index contributed by atoms with van der Waals surface area (Å²) in [5, 5.41) is 14.9. The summed E-state index contributed by atoms with van der Waals surface area (Å²) >= 11 is 0. The Hall–Kier alpha value is -3.29. The average molecular weight is 400 g/mol. The summed E-state index contributed by atoms with van der Waals surface area (Å²) < 4.78 is 16.2. The van der Waals surface area contributed by atoms with E-state index in [2.05, 4.69) is 5.10 Å². The van der Waals surface area contributed by atoms with Gasteiger partial charge < -0.3 is 19.0 Å². The molecule has 2 heterocycles. The Kier molecular flexibility index (Phi) is 6.21. The minimum Gasteiger partial charge on any atom is -0.493 e. The van der Waals surface area contributed by atoms with E-state index >= 15 is 0 Å². The molecule has 0 saturated heterocycles. The minimum absolute atomic E-state index is 0.0722. The molecule has 0 bridgehead atoms. The zero-order chi connectivity index (χ0) is 21.0. The summed E-state index contributed by atoms with van der Waals surface area (Å²) in [6, 6.07) is 8.66. The van der Waals surface area contributed by atoms with Gasteiger partial charge in [0.15, 0.2) is 11.5 Å². The van der Waals surface area contributed by atoms with Gasteiger partial charge in [0.25, 0.3) is 0 Å². The number of hydrogen-bond acceptors (Lipinski definition) is 6. The normalized spacial score (nSPS) is 17.0. The highest BCUT2D eigenvalue weighted by Crippen LogP contribution is 2.36. The van der Waals surface area contributed by atoms with Crippen molar-refractivity contribution < 1.29 is 28.6 Å². The maximum absolute atomic E-state index is 12.9. The maximum Gasteiger partial charge on any atom is 0.303 e. The molecule has 8 nitrogen and oxygen atoms in total. The van der Waals surface area contributed by atoms with Crippen LogP contribution in [0, 0.1) is 5.92 Å². The monoisotopic (exact) mass is 400 g/mol. The van der Waals surface area contributed by atoms with Crippen molar-refractivity contribution in [3.8, 4) is 11.5 Å². The lowest BCUT2D eigenvalue weighted by molar-refractivity contribution is -0.139. The van der Waals surface area contributed by atoms with Crippen LogP contribution < -0.4 is 9.47 Å². The summed E-state index contributed by atoms with van der Waals surface area (Å²) in [6.07, 6.45) is 2.05. The molecule has 0 aliphatic carbocycles. The second kappa shape index (κ2) is 8.81. The van der Waals surface area contributed by atoms with Gasteiger partial charge >= 0.3 is 5.97 Å². The van der Waals surface area contributed by atoms with Gasteiger partial charge in [0.1, 0.15) is 11.8 Å². The molecular formula is C21H24N2O6. The van der Waals surface area contributed by atoms with E-state index in [9.17, 15) is 9.59 Å². The SMILES string of the molecule is COc1ccc(C2=NN(C(=O)CC(C)CC(=O)O)C(c3ccco3)C2)cc1OC. The summed E-state index contributed by atoms with van der Waals surface area (Å²) in [5.41, 5.74) is 1.53. The molecule has 1 aliphatic rings. The van der Waals surface area contributed by atoms with E-state index in [1.165, 1.54) is 5.01 Å². The number of carboxylic acid groups (broad SMARTS) is 1. The molecule has 8 heteroatoms. The Morgan fingerprint density at radius 3 is 2.62 bits per heavy atom. The van der Waals surface area contributed by atoms with E-state index in [4.69, 9.17) is 19.0 Å². The number of carbonyl (C=O) groups excluding carboxylic acids is 1. The summed E-state index contributed by atoms with van der Waals surface area (Å²) in [6.45, 7) is 1.74. The Bertz CT molecular complexity index is 906. The third kappa shape index (κ3) is 4.59. The van der Waals surface area contributed by atoms with Crippen LogP contribution in [-0.2, 0) is 9.59 Å². The lowest BCUT2D eigenvalue weighted by Gasteiger charge is -2.21. The maximum atomic E-state index is 12.9. The molecule has 0 fully saturated rings. The second-order valence-electron chi connectivity index (χ2n) is 7.00. The number of aliphatic carboxylic acids is 1. The van der Waals surface area contributed by atoms with Crippen LogP contribution >= 0.6 is 0 Å². The van der Waals surface area contributed by atoms with Crippen molar-refractivity contribution in [2.75, 3.05) is 14.2 Å². The molecule has 3 rings (SSSR count). The van der Waals surface area contributed by atoms with Crippen LogP contribution in [0.5, 0.6) is 11.5 Å². The van der Waals surface area contributed by atoms with Crippen molar-refractivity contribution in [1.82, 2.24) is 5.01 Å². The van der Waals surface area contributed by atoms with Crippen molar-refractivity contribution in [2.24, 2.45) is 11.0 Å². The number of carbonyl (C=O) groups is 2. The van der Waals surface area contributed by atoms with Gasteiger partial charge in [0.2, 0.25) is 5.91 Å². The highest BCUT2D eigenvalue weighted by molar-refractivity contribution is 6.03. The number of rotatable bonds is 8. The molecule has 1 aromatic heterocycles. The number of hydrogen-bond donors (Lipinski definition) is 1.